The van der Waals surface area contributed by atoms with Gasteiger partial charge in [0.25, 0.3) is 0 Å². The topological polar surface area (TPSA) is 64.0 Å². The quantitative estimate of drug-likeness (QED) is 0.902. The van der Waals surface area contributed by atoms with Crippen molar-refractivity contribution in [3.63, 3.8) is 0 Å². The molecule has 0 saturated carbocycles. The minimum atomic E-state index is -2.89. The molecule has 0 radical (unpaired) electrons. The van der Waals surface area contributed by atoms with Crippen molar-refractivity contribution in [2.45, 2.75) is 57.4 Å². The molecule has 2 aliphatic rings. The molecule has 1 N–H and O–H groups in total. The lowest BCUT2D eigenvalue weighted by Gasteiger charge is -2.18. The van der Waals surface area contributed by atoms with Crippen LogP contribution in [0.15, 0.2) is 0 Å². The molecule has 0 bridgehead atoms. The lowest BCUT2D eigenvalue weighted by molar-refractivity contribution is 0.535. The third-order valence-electron chi connectivity index (χ3n) is 4.39. The van der Waals surface area contributed by atoms with E-state index in [-0.39, 0.29) is 5.25 Å². The van der Waals surface area contributed by atoms with E-state index in [0.717, 1.165) is 56.7 Å². The number of fused-ring (bicyclic) bond motifs is 1. The average molecular weight is 297 g/mol. The minimum Gasteiger partial charge on any atom is -0.330 e. The molecule has 1 aromatic heterocycles. The van der Waals surface area contributed by atoms with E-state index >= 15 is 0 Å². The first-order valence-corrected chi connectivity index (χ1v) is 9.33. The highest BCUT2D eigenvalue weighted by atomic mass is 32.2. The largest absolute Gasteiger partial charge is 0.330 e. The van der Waals surface area contributed by atoms with Crippen LogP contribution in [0, 0.1) is 0 Å². The average Bonchev–Trinajstić information content (AvgIpc) is 2.92. The Kier molecular flexibility index (Phi) is 3.86. The molecule has 0 spiro atoms. The predicted octanol–water partition coefficient (Wildman–Crippen LogP) is 1.06. The molecule has 1 fully saturated rings. The zero-order valence-electron chi connectivity index (χ0n) is 12.1. The van der Waals surface area contributed by atoms with E-state index in [1.54, 1.807) is 0 Å². The summed E-state index contributed by atoms with van der Waals surface area (Å²) in [6, 6.07) is 0. The summed E-state index contributed by atoms with van der Waals surface area (Å²) in [5, 5.41) is 3.14. The Hall–Kier alpha value is -0.880. The van der Waals surface area contributed by atoms with Gasteiger partial charge in [0.2, 0.25) is 0 Å². The highest BCUT2D eigenvalue weighted by molar-refractivity contribution is 7.92. The third-order valence-corrected chi connectivity index (χ3v) is 6.65. The molecular formula is C14H23N3O2S. The fourth-order valence-electron chi connectivity index (χ4n) is 3.32. The summed E-state index contributed by atoms with van der Waals surface area (Å²) in [7, 11) is -2.89. The fraction of sp³-hybridized carbons (Fsp3) is 0.786. The highest BCUT2D eigenvalue weighted by Gasteiger charge is 2.33. The van der Waals surface area contributed by atoms with Gasteiger partial charge in [-0.05, 0) is 19.3 Å². The molecule has 0 amide bonds. The summed E-state index contributed by atoms with van der Waals surface area (Å²) in [6.45, 7) is 4.53. The first-order valence-electron chi connectivity index (χ1n) is 7.61. The van der Waals surface area contributed by atoms with Crippen LogP contribution in [0.5, 0.6) is 0 Å². The van der Waals surface area contributed by atoms with Crippen LogP contribution in [0.3, 0.4) is 0 Å². The van der Waals surface area contributed by atoms with Crippen LogP contribution in [-0.4, -0.2) is 35.5 Å². The van der Waals surface area contributed by atoms with Gasteiger partial charge in [0.1, 0.15) is 5.82 Å². The maximum absolute atomic E-state index is 12.1. The van der Waals surface area contributed by atoms with E-state index in [0.29, 0.717) is 12.3 Å². The minimum absolute atomic E-state index is 0.203. The van der Waals surface area contributed by atoms with Crippen LogP contribution in [0.4, 0.5) is 0 Å². The van der Waals surface area contributed by atoms with Gasteiger partial charge < -0.3 is 9.88 Å². The van der Waals surface area contributed by atoms with Crippen molar-refractivity contribution in [2.24, 2.45) is 0 Å². The second-order valence-electron chi connectivity index (χ2n) is 5.84. The lowest BCUT2D eigenvalue weighted by Crippen LogP contribution is -2.28. The van der Waals surface area contributed by atoms with Crippen molar-refractivity contribution < 1.29 is 8.42 Å². The summed E-state index contributed by atoms with van der Waals surface area (Å²) >= 11 is 0. The van der Waals surface area contributed by atoms with Crippen molar-refractivity contribution in [3.05, 3.63) is 17.2 Å². The Morgan fingerprint density at radius 3 is 3.00 bits per heavy atom. The van der Waals surface area contributed by atoms with Gasteiger partial charge in [0.05, 0.1) is 16.7 Å². The Bertz CT molecular complexity index is 592. The molecule has 5 nitrogen and oxygen atoms in total. The summed E-state index contributed by atoms with van der Waals surface area (Å²) in [5.74, 6) is 1.43. The van der Waals surface area contributed by atoms with Crippen LogP contribution >= 0.6 is 0 Å². The molecule has 1 aromatic rings. The van der Waals surface area contributed by atoms with E-state index in [1.165, 1.54) is 5.69 Å². The van der Waals surface area contributed by atoms with Gasteiger partial charge in [-0.15, -0.1) is 0 Å². The smallest absolute Gasteiger partial charge is 0.154 e. The number of hydrogen-bond donors (Lipinski definition) is 1. The summed E-state index contributed by atoms with van der Waals surface area (Å²) in [5.41, 5.74) is 2.38. The number of nitrogens with zero attached hydrogens (tertiary/aromatic N) is 2. The van der Waals surface area contributed by atoms with E-state index in [2.05, 4.69) is 16.8 Å². The lowest BCUT2D eigenvalue weighted by atomic mass is 10.1. The van der Waals surface area contributed by atoms with Crippen LogP contribution < -0.4 is 5.32 Å². The Labute approximate surface area is 120 Å². The molecule has 3 rings (SSSR count). The number of sulfone groups is 1. The SMILES string of the molecule is CCCc1nc2c(n1CC1CCCS1(=O)=O)CCNC2. The van der Waals surface area contributed by atoms with Crippen LogP contribution in [-0.2, 0) is 35.8 Å². The maximum atomic E-state index is 12.1. The van der Waals surface area contributed by atoms with E-state index in [9.17, 15) is 8.42 Å². The molecule has 1 atom stereocenters. The van der Waals surface area contributed by atoms with E-state index < -0.39 is 9.84 Å². The molecule has 20 heavy (non-hydrogen) atoms. The number of hydrogen-bond acceptors (Lipinski definition) is 4. The second-order valence-corrected chi connectivity index (χ2v) is 8.24. The van der Waals surface area contributed by atoms with Crippen molar-refractivity contribution >= 4 is 9.84 Å². The first kappa shape index (κ1) is 14.1. The van der Waals surface area contributed by atoms with E-state index in [1.807, 2.05) is 0 Å². The molecule has 6 heteroatoms. The Morgan fingerprint density at radius 1 is 1.45 bits per heavy atom. The summed E-state index contributed by atoms with van der Waals surface area (Å²) in [6.07, 6.45) is 4.55. The van der Waals surface area contributed by atoms with Gasteiger partial charge in [0.15, 0.2) is 9.84 Å². The normalized spacial score (nSPS) is 24.8. The van der Waals surface area contributed by atoms with Crippen molar-refractivity contribution in [1.29, 1.82) is 0 Å². The zero-order chi connectivity index (χ0) is 14.2. The standard InChI is InChI=1S/C14H23N3O2S/c1-2-4-14-16-12-9-15-7-6-13(12)17(14)10-11-5-3-8-20(11,18)19/h11,15H,2-10H2,1H3. The molecule has 0 aromatic carbocycles. The summed E-state index contributed by atoms with van der Waals surface area (Å²) in [4.78, 5) is 4.74. The Morgan fingerprint density at radius 2 is 2.30 bits per heavy atom. The predicted molar refractivity (Wildman–Crippen MR) is 78.4 cm³/mol. The van der Waals surface area contributed by atoms with Gasteiger partial charge >= 0.3 is 0 Å². The maximum Gasteiger partial charge on any atom is 0.154 e. The fourth-order valence-corrected chi connectivity index (χ4v) is 5.13. The van der Waals surface area contributed by atoms with Gasteiger partial charge in [0, 0.05) is 38.2 Å². The molecule has 112 valence electrons. The van der Waals surface area contributed by atoms with Crippen molar-refractivity contribution in [2.75, 3.05) is 12.3 Å². The molecule has 2 aliphatic heterocycles. The molecule has 1 saturated heterocycles. The zero-order valence-corrected chi connectivity index (χ0v) is 12.9. The van der Waals surface area contributed by atoms with Crippen LogP contribution in [0.1, 0.15) is 43.4 Å². The molecule has 1 unspecified atom stereocenters. The first-order chi connectivity index (χ1) is 9.62. The van der Waals surface area contributed by atoms with Gasteiger partial charge in [-0.25, -0.2) is 13.4 Å². The Balaban J connectivity index is 1.93. The van der Waals surface area contributed by atoms with Crippen LogP contribution in [0.25, 0.3) is 0 Å². The number of aryl methyl sites for hydroxylation is 1. The number of aromatic nitrogens is 2. The monoisotopic (exact) mass is 297 g/mol. The van der Waals surface area contributed by atoms with E-state index in [4.69, 9.17) is 4.98 Å². The van der Waals surface area contributed by atoms with Gasteiger partial charge in [-0.2, -0.15) is 0 Å². The summed E-state index contributed by atoms with van der Waals surface area (Å²) < 4.78 is 26.4. The third kappa shape index (κ3) is 2.51. The second kappa shape index (κ2) is 5.48. The number of rotatable bonds is 4. The molecular weight excluding hydrogens is 274 g/mol. The highest BCUT2D eigenvalue weighted by Crippen LogP contribution is 2.25. The number of imidazole rings is 1. The van der Waals surface area contributed by atoms with Gasteiger partial charge in [-0.1, -0.05) is 6.92 Å². The van der Waals surface area contributed by atoms with Crippen molar-refractivity contribution in [3.8, 4) is 0 Å². The van der Waals surface area contributed by atoms with Crippen LogP contribution in [0.2, 0.25) is 0 Å². The van der Waals surface area contributed by atoms with Crippen molar-refractivity contribution in [1.82, 2.24) is 14.9 Å². The molecule has 3 heterocycles. The number of nitrogens with one attached hydrogen (secondary N) is 1. The molecule has 0 aliphatic carbocycles. The van der Waals surface area contributed by atoms with Gasteiger partial charge in [-0.3, -0.25) is 0 Å².